The van der Waals surface area contributed by atoms with Gasteiger partial charge in [-0.2, -0.15) is 0 Å². The molecule has 0 aromatic carbocycles. The summed E-state index contributed by atoms with van der Waals surface area (Å²) in [6.45, 7) is 6.91. The van der Waals surface area contributed by atoms with E-state index in [1.165, 1.54) is 19.3 Å². The minimum Gasteiger partial charge on any atom is -0.353 e. The molecule has 4 atom stereocenters. The molecule has 0 heterocycles. The Balaban J connectivity index is 1.94. The van der Waals surface area contributed by atoms with Gasteiger partial charge in [-0.25, -0.2) is 0 Å². The van der Waals surface area contributed by atoms with E-state index in [-0.39, 0.29) is 23.3 Å². The standard InChI is InChI=1S/C17H32N2O/c1-17(2,3)14-9-4-5-10-15(14)19-16(20)12-7-6-8-13(18)11-12/h12-15H,4-11,18H2,1-3H3,(H,19,20). The maximum absolute atomic E-state index is 12.5. The van der Waals surface area contributed by atoms with E-state index >= 15 is 0 Å². The first kappa shape index (κ1) is 15.8. The van der Waals surface area contributed by atoms with Crippen molar-refractivity contribution in [3.63, 3.8) is 0 Å². The fourth-order valence-corrected chi connectivity index (χ4v) is 4.11. The molecule has 0 bridgehead atoms. The molecule has 0 aliphatic heterocycles. The summed E-state index contributed by atoms with van der Waals surface area (Å²) in [5.74, 6) is 1.03. The Bertz CT molecular complexity index is 334. The Morgan fingerprint density at radius 3 is 2.40 bits per heavy atom. The second-order valence-electron chi connectivity index (χ2n) is 8.00. The van der Waals surface area contributed by atoms with Crippen LogP contribution in [0.25, 0.3) is 0 Å². The van der Waals surface area contributed by atoms with Gasteiger partial charge in [0.25, 0.3) is 0 Å². The topological polar surface area (TPSA) is 55.1 Å². The van der Waals surface area contributed by atoms with Crippen molar-refractivity contribution in [3.8, 4) is 0 Å². The van der Waals surface area contributed by atoms with Gasteiger partial charge < -0.3 is 11.1 Å². The molecular weight excluding hydrogens is 248 g/mol. The van der Waals surface area contributed by atoms with Crippen molar-refractivity contribution in [2.45, 2.75) is 84.2 Å². The van der Waals surface area contributed by atoms with E-state index in [0.29, 0.717) is 12.0 Å². The lowest BCUT2D eigenvalue weighted by molar-refractivity contribution is -0.127. The predicted molar refractivity (Wildman–Crippen MR) is 83.3 cm³/mol. The molecule has 116 valence electrons. The van der Waals surface area contributed by atoms with Crippen LogP contribution in [-0.2, 0) is 4.79 Å². The van der Waals surface area contributed by atoms with Gasteiger partial charge in [-0.15, -0.1) is 0 Å². The molecule has 2 fully saturated rings. The smallest absolute Gasteiger partial charge is 0.223 e. The molecule has 3 heteroatoms. The van der Waals surface area contributed by atoms with Gasteiger partial charge in [-0.3, -0.25) is 4.79 Å². The third kappa shape index (κ3) is 3.97. The zero-order valence-corrected chi connectivity index (χ0v) is 13.5. The first-order chi connectivity index (χ1) is 9.38. The third-order valence-corrected chi connectivity index (χ3v) is 5.29. The fraction of sp³-hybridized carbons (Fsp3) is 0.941. The highest BCUT2D eigenvalue weighted by molar-refractivity contribution is 5.79. The van der Waals surface area contributed by atoms with E-state index in [1.54, 1.807) is 0 Å². The maximum Gasteiger partial charge on any atom is 0.223 e. The van der Waals surface area contributed by atoms with Crippen LogP contribution in [0.2, 0.25) is 0 Å². The average Bonchev–Trinajstić information content (AvgIpc) is 2.38. The van der Waals surface area contributed by atoms with Crippen molar-refractivity contribution in [1.29, 1.82) is 0 Å². The Morgan fingerprint density at radius 1 is 1.05 bits per heavy atom. The second kappa shape index (κ2) is 6.46. The highest BCUT2D eigenvalue weighted by atomic mass is 16.1. The molecule has 2 aliphatic carbocycles. The van der Waals surface area contributed by atoms with Crippen LogP contribution in [0.1, 0.15) is 72.1 Å². The number of nitrogens with two attached hydrogens (primary N) is 1. The van der Waals surface area contributed by atoms with E-state index in [4.69, 9.17) is 5.73 Å². The SMILES string of the molecule is CC(C)(C)C1CCCCC1NC(=O)C1CCCC(N)C1. The molecule has 0 radical (unpaired) electrons. The van der Waals surface area contributed by atoms with E-state index in [1.807, 2.05) is 0 Å². The summed E-state index contributed by atoms with van der Waals surface area (Å²) in [6, 6.07) is 0.596. The summed E-state index contributed by atoms with van der Waals surface area (Å²) in [5, 5.41) is 3.37. The van der Waals surface area contributed by atoms with E-state index in [9.17, 15) is 4.79 Å². The van der Waals surface area contributed by atoms with Crippen LogP contribution in [0.3, 0.4) is 0 Å². The molecule has 0 aromatic heterocycles. The van der Waals surface area contributed by atoms with Crippen LogP contribution in [-0.4, -0.2) is 18.0 Å². The summed E-state index contributed by atoms with van der Waals surface area (Å²) in [5.41, 5.74) is 6.29. The zero-order valence-electron chi connectivity index (χ0n) is 13.5. The molecular formula is C17H32N2O. The first-order valence-electron chi connectivity index (χ1n) is 8.44. The van der Waals surface area contributed by atoms with Crippen LogP contribution in [0, 0.1) is 17.3 Å². The minimum absolute atomic E-state index is 0.154. The lowest BCUT2D eigenvalue weighted by Gasteiger charge is -2.41. The highest BCUT2D eigenvalue weighted by Gasteiger charge is 2.36. The lowest BCUT2D eigenvalue weighted by atomic mass is 9.69. The van der Waals surface area contributed by atoms with Crippen LogP contribution in [0.15, 0.2) is 0 Å². The van der Waals surface area contributed by atoms with Crippen LogP contribution in [0.5, 0.6) is 0 Å². The summed E-state index contributed by atoms with van der Waals surface area (Å²) < 4.78 is 0. The number of carbonyl (C=O) groups excluding carboxylic acids is 1. The number of hydrogen-bond acceptors (Lipinski definition) is 2. The number of amides is 1. The third-order valence-electron chi connectivity index (χ3n) is 5.29. The maximum atomic E-state index is 12.5. The van der Waals surface area contributed by atoms with Gasteiger partial charge >= 0.3 is 0 Å². The van der Waals surface area contributed by atoms with Crippen molar-refractivity contribution in [2.24, 2.45) is 23.0 Å². The Morgan fingerprint density at radius 2 is 1.75 bits per heavy atom. The first-order valence-corrected chi connectivity index (χ1v) is 8.44. The van der Waals surface area contributed by atoms with Gasteiger partial charge in [-0.1, -0.05) is 40.0 Å². The molecule has 2 saturated carbocycles. The quantitative estimate of drug-likeness (QED) is 0.816. The van der Waals surface area contributed by atoms with Crippen LogP contribution < -0.4 is 11.1 Å². The molecule has 0 saturated heterocycles. The van der Waals surface area contributed by atoms with Crippen molar-refractivity contribution < 1.29 is 4.79 Å². The minimum atomic E-state index is 0.154. The second-order valence-corrected chi connectivity index (χ2v) is 8.00. The molecule has 0 aromatic rings. The number of carbonyl (C=O) groups is 1. The normalized spacial score (nSPS) is 35.6. The Kier molecular flexibility index (Phi) is 5.11. The number of nitrogens with one attached hydrogen (secondary N) is 1. The fourth-order valence-electron chi connectivity index (χ4n) is 4.11. The summed E-state index contributed by atoms with van der Waals surface area (Å²) in [7, 11) is 0. The molecule has 0 spiro atoms. The van der Waals surface area contributed by atoms with Gasteiger partial charge in [0.15, 0.2) is 0 Å². The van der Waals surface area contributed by atoms with Crippen molar-refractivity contribution in [3.05, 3.63) is 0 Å². The molecule has 2 rings (SSSR count). The summed E-state index contributed by atoms with van der Waals surface area (Å²) in [4.78, 5) is 12.5. The molecule has 2 aliphatic rings. The molecule has 20 heavy (non-hydrogen) atoms. The number of rotatable bonds is 2. The van der Waals surface area contributed by atoms with Crippen molar-refractivity contribution >= 4 is 5.91 Å². The van der Waals surface area contributed by atoms with Gasteiger partial charge in [0.1, 0.15) is 0 Å². The average molecular weight is 280 g/mol. The lowest BCUT2D eigenvalue weighted by Crippen LogP contribution is -2.49. The van der Waals surface area contributed by atoms with E-state index in [0.717, 1.165) is 32.1 Å². The van der Waals surface area contributed by atoms with Crippen molar-refractivity contribution in [1.82, 2.24) is 5.32 Å². The predicted octanol–water partition coefficient (Wildman–Crippen LogP) is 3.23. The largest absolute Gasteiger partial charge is 0.353 e. The molecule has 3 nitrogen and oxygen atoms in total. The number of hydrogen-bond donors (Lipinski definition) is 2. The van der Waals surface area contributed by atoms with Gasteiger partial charge in [0, 0.05) is 18.0 Å². The van der Waals surface area contributed by atoms with Crippen LogP contribution >= 0.6 is 0 Å². The zero-order chi connectivity index (χ0) is 14.8. The molecule has 4 unspecified atom stereocenters. The van der Waals surface area contributed by atoms with E-state index in [2.05, 4.69) is 26.1 Å². The highest BCUT2D eigenvalue weighted by Crippen LogP contribution is 2.38. The van der Waals surface area contributed by atoms with Crippen molar-refractivity contribution in [2.75, 3.05) is 0 Å². The summed E-state index contributed by atoms with van der Waals surface area (Å²) in [6.07, 6.45) is 9.03. The van der Waals surface area contributed by atoms with Gasteiger partial charge in [0.2, 0.25) is 5.91 Å². The Hall–Kier alpha value is -0.570. The Labute approximate surface area is 124 Å². The van der Waals surface area contributed by atoms with E-state index < -0.39 is 0 Å². The van der Waals surface area contributed by atoms with Crippen LogP contribution in [0.4, 0.5) is 0 Å². The van der Waals surface area contributed by atoms with Gasteiger partial charge in [0.05, 0.1) is 0 Å². The molecule has 1 amide bonds. The van der Waals surface area contributed by atoms with Gasteiger partial charge in [-0.05, 0) is 43.4 Å². The summed E-state index contributed by atoms with van der Waals surface area (Å²) >= 11 is 0. The monoisotopic (exact) mass is 280 g/mol. The molecule has 3 N–H and O–H groups in total.